The van der Waals surface area contributed by atoms with Gasteiger partial charge in [0.25, 0.3) is 11.8 Å². The van der Waals surface area contributed by atoms with E-state index in [9.17, 15) is 9.59 Å². The van der Waals surface area contributed by atoms with Gasteiger partial charge in [-0.25, -0.2) is 0 Å². The summed E-state index contributed by atoms with van der Waals surface area (Å²) in [6.45, 7) is 4.50. The first kappa shape index (κ1) is 11.4. The molecule has 16 heavy (non-hydrogen) atoms. The average Bonchev–Trinajstić information content (AvgIpc) is 2.46. The first-order valence-electron chi connectivity index (χ1n) is 6.06. The predicted molar refractivity (Wildman–Crippen MR) is 61.7 cm³/mol. The van der Waals surface area contributed by atoms with Gasteiger partial charge in [-0.1, -0.05) is 26.2 Å². The average molecular weight is 221 g/mol. The third kappa shape index (κ3) is 2.04. The van der Waals surface area contributed by atoms with E-state index in [0.717, 1.165) is 12.8 Å². The number of rotatable bonds is 2. The van der Waals surface area contributed by atoms with Gasteiger partial charge in [-0.05, 0) is 25.2 Å². The Balaban J connectivity index is 2.05. The second-order valence-corrected chi connectivity index (χ2v) is 5.43. The normalized spacial score (nSPS) is 24.9. The van der Waals surface area contributed by atoms with Gasteiger partial charge in [0.05, 0.1) is 0 Å². The van der Waals surface area contributed by atoms with Crippen LogP contribution in [0.25, 0.3) is 0 Å². The summed E-state index contributed by atoms with van der Waals surface area (Å²) in [5.74, 6) is -0.230. The minimum atomic E-state index is -0.130. The molecule has 1 fully saturated rings. The van der Waals surface area contributed by atoms with Crippen molar-refractivity contribution in [1.29, 1.82) is 0 Å². The molecule has 1 aliphatic heterocycles. The molecule has 0 spiro atoms. The molecule has 1 aliphatic carbocycles. The van der Waals surface area contributed by atoms with E-state index in [1.54, 1.807) is 6.92 Å². The lowest BCUT2D eigenvalue weighted by Gasteiger charge is -2.36. The highest BCUT2D eigenvalue weighted by molar-refractivity contribution is 6.15. The number of carbonyl (C=O) groups excluding carboxylic acids is 2. The number of imide groups is 1. The number of amides is 2. The molecular weight excluding hydrogens is 202 g/mol. The van der Waals surface area contributed by atoms with E-state index in [1.807, 2.05) is 0 Å². The zero-order valence-electron chi connectivity index (χ0n) is 10.1. The van der Waals surface area contributed by atoms with Gasteiger partial charge in [-0.2, -0.15) is 0 Å². The van der Waals surface area contributed by atoms with Crippen molar-refractivity contribution in [3.05, 3.63) is 11.6 Å². The largest absolute Gasteiger partial charge is 0.275 e. The van der Waals surface area contributed by atoms with Crippen LogP contribution >= 0.6 is 0 Å². The number of hydrogen-bond donors (Lipinski definition) is 0. The van der Waals surface area contributed by atoms with Crippen LogP contribution in [-0.2, 0) is 9.59 Å². The summed E-state index contributed by atoms with van der Waals surface area (Å²) < 4.78 is 0. The van der Waals surface area contributed by atoms with Crippen LogP contribution in [0.4, 0.5) is 0 Å². The predicted octanol–water partition coefficient (Wildman–Crippen LogP) is 2.27. The van der Waals surface area contributed by atoms with E-state index in [0.29, 0.717) is 12.1 Å². The molecule has 0 atom stereocenters. The van der Waals surface area contributed by atoms with Crippen LogP contribution in [0, 0.1) is 5.41 Å². The zero-order chi connectivity index (χ0) is 11.8. The fourth-order valence-electron chi connectivity index (χ4n) is 2.73. The van der Waals surface area contributed by atoms with Crippen molar-refractivity contribution in [3.63, 3.8) is 0 Å². The Morgan fingerprint density at radius 2 is 1.88 bits per heavy atom. The van der Waals surface area contributed by atoms with Gasteiger partial charge in [0.1, 0.15) is 0 Å². The summed E-state index contributed by atoms with van der Waals surface area (Å²) >= 11 is 0. The molecule has 0 unspecified atom stereocenters. The Labute approximate surface area is 96.5 Å². The maximum absolute atomic E-state index is 11.8. The van der Waals surface area contributed by atoms with Gasteiger partial charge >= 0.3 is 0 Å². The third-order valence-corrected chi connectivity index (χ3v) is 3.79. The van der Waals surface area contributed by atoms with Crippen LogP contribution in [0.15, 0.2) is 11.6 Å². The van der Waals surface area contributed by atoms with Crippen LogP contribution in [0.3, 0.4) is 0 Å². The first-order chi connectivity index (χ1) is 7.52. The number of nitrogens with zero attached hydrogens (tertiary/aromatic N) is 1. The van der Waals surface area contributed by atoms with Crippen molar-refractivity contribution >= 4 is 11.8 Å². The van der Waals surface area contributed by atoms with Gasteiger partial charge in [0.2, 0.25) is 0 Å². The van der Waals surface area contributed by atoms with E-state index in [-0.39, 0.29) is 17.2 Å². The highest BCUT2D eigenvalue weighted by Gasteiger charge is 2.36. The van der Waals surface area contributed by atoms with Crippen molar-refractivity contribution in [2.24, 2.45) is 5.41 Å². The van der Waals surface area contributed by atoms with Crippen LogP contribution in [-0.4, -0.2) is 23.3 Å². The molecule has 2 rings (SSSR count). The van der Waals surface area contributed by atoms with Crippen molar-refractivity contribution < 1.29 is 9.59 Å². The summed E-state index contributed by atoms with van der Waals surface area (Å²) in [5.41, 5.74) is 0.714. The Bertz CT molecular complexity index is 351. The highest BCUT2D eigenvalue weighted by atomic mass is 16.2. The molecule has 2 amide bonds. The fourth-order valence-corrected chi connectivity index (χ4v) is 2.73. The molecule has 1 saturated carbocycles. The van der Waals surface area contributed by atoms with Crippen molar-refractivity contribution in [1.82, 2.24) is 4.90 Å². The molecule has 0 bridgehead atoms. The molecular formula is C13H19NO2. The smallest absolute Gasteiger partial charge is 0.256 e. The SMILES string of the molecule is CC1=CC(=O)N(CC2(C)CCCCC2)C1=O. The van der Waals surface area contributed by atoms with E-state index >= 15 is 0 Å². The van der Waals surface area contributed by atoms with Gasteiger partial charge in [-0.3, -0.25) is 14.5 Å². The molecule has 88 valence electrons. The third-order valence-electron chi connectivity index (χ3n) is 3.79. The van der Waals surface area contributed by atoms with Gasteiger partial charge in [-0.15, -0.1) is 0 Å². The maximum Gasteiger partial charge on any atom is 0.256 e. The zero-order valence-corrected chi connectivity index (χ0v) is 10.1. The minimum absolute atomic E-state index is 0.100. The van der Waals surface area contributed by atoms with Gasteiger partial charge in [0.15, 0.2) is 0 Å². The van der Waals surface area contributed by atoms with Crippen LogP contribution in [0.2, 0.25) is 0 Å². The number of hydrogen-bond acceptors (Lipinski definition) is 2. The Morgan fingerprint density at radius 1 is 1.25 bits per heavy atom. The Morgan fingerprint density at radius 3 is 2.38 bits per heavy atom. The quantitative estimate of drug-likeness (QED) is 0.671. The first-order valence-corrected chi connectivity index (χ1v) is 6.06. The summed E-state index contributed by atoms with van der Waals surface area (Å²) in [7, 11) is 0. The van der Waals surface area contributed by atoms with Crippen LogP contribution < -0.4 is 0 Å². The molecule has 0 aromatic heterocycles. The van der Waals surface area contributed by atoms with Crippen LogP contribution in [0.1, 0.15) is 46.0 Å². The summed E-state index contributed by atoms with van der Waals surface area (Å²) in [6, 6.07) is 0. The molecule has 3 heteroatoms. The lowest BCUT2D eigenvalue weighted by Crippen LogP contribution is -2.41. The van der Waals surface area contributed by atoms with Crippen molar-refractivity contribution in [3.8, 4) is 0 Å². The lowest BCUT2D eigenvalue weighted by atomic mass is 9.75. The van der Waals surface area contributed by atoms with E-state index < -0.39 is 0 Å². The molecule has 0 aromatic rings. The van der Waals surface area contributed by atoms with E-state index in [4.69, 9.17) is 0 Å². The monoisotopic (exact) mass is 221 g/mol. The lowest BCUT2D eigenvalue weighted by molar-refractivity contribution is -0.139. The topological polar surface area (TPSA) is 37.4 Å². The maximum atomic E-state index is 11.8. The molecule has 1 heterocycles. The van der Waals surface area contributed by atoms with E-state index in [1.165, 1.54) is 30.2 Å². The molecule has 0 saturated heterocycles. The minimum Gasteiger partial charge on any atom is -0.275 e. The van der Waals surface area contributed by atoms with Crippen molar-refractivity contribution in [2.75, 3.05) is 6.54 Å². The second-order valence-electron chi connectivity index (χ2n) is 5.43. The summed E-state index contributed by atoms with van der Waals surface area (Å²) in [6.07, 6.45) is 7.44. The van der Waals surface area contributed by atoms with Gasteiger partial charge < -0.3 is 0 Å². The Hall–Kier alpha value is -1.12. The highest BCUT2D eigenvalue weighted by Crippen LogP contribution is 2.37. The standard InChI is InChI=1S/C13H19NO2/c1-10-8-11(15)14(12(10)16)9-13(2)6-4-3-5-7-13/h8H,3-7,9H2,1-2H3. The molecule has 3 nitrogen and oxygen atoms in total. The molecule has 0 aromatic carbocycles. The van der Waals surface area contributed by atoms with Crippen molar-refractivity contribution in [2.45, 2.75) is 46.0 Å². The summed E-state index contributed by atoms with van der Waals surface area (Å²) in [4.78, 5) is 24.8. The van der Waals surface area contributed by atoms with Crippen LogP contribution in [0.5, 0.6) is 0 Å². The number of carbonyl (C=O) groups is 2. The summed E-state index contributed by atoms with van der Waals surface area (Å²) in [5, 5.41) is 0. The second kappa shape index (κ2) is 4.04. The van der Waals surface area contributed by atoms with Gasteiger partial charge in [0, 0.05) is 18.2 Å². The molecule has 0 N–H and O–H groups in total. The fraction of sp³-hybridized carbons (Fsp3) is 0.692. The molecule has 0 radical (unpaired) electrons. The van der Waals surface area contributed by atoms with E-state index in [2.05, 4.69) is 6.92 Å². The Kier molecular flexibility index (Phi) is 2.87. The molecule has 2 aliphatic rings.